The minimum Gasteiger partial charge on any atom is -0.396 e. The highest BCUT2D eigenvalue weighted by Crippen LogP contribution is 2.30. The van der Waals surface area contributed by atoms with Crippen molar-refractivity contribution < 1.29 is 9.90 Å². The van der Waals surface area contributed by atoms with Crippen LogP contribution in [0.3, 0.4) is 0 Å². The third-order valence-corrected chi connectivity index (χ3v) is 4.08. The van der Waals surface area contributed by atoms with Gasteiger partial charge < -0.3 is 15.7 Å². The van der Waals surface area contributed by atoms with Gasteiger partial charge in [0.15, 0.2) is 0 Å². The van der Waals surface area contributed by atoms with Crippen molar-refractivity contribution in [2.24, 2.45) is 11.8 Å². The first kappa shape index (κ1) is 15.0. The fourth-order valence-corrected chi connectivity index (χ4v) is 2.84. The quantitative estimate of drug-likeness (QED) is 0.744. The van der Waals surface area contributed by atoms with Crippen molar-refractivity contribution in [3.63, 3.8) is 0 Å². The molecule has 0 aliphatic heterocycles. The van der Waals surface area contributed by atoms with Crippen LogP contribution >= 0.6 is 0 Å². The summed E-state index contributed by atoms with van der Waals surface area (Å²) in [6.45, 7) is 3.42. The lowest BCUT2D eigenvalue weighted by Crippen LogP contribution is -2.33. The Kier molecular flexibility index (Phi) is 5.56. The normalized spacial score (nSPS) is 21.9. The predicted octanol–water partition coefficient (Wildman–Crippen LogP) is 1.93. The number of aryl methyl sites for hydroxylation is 1. The van der Waals surface area contributed by atoms with Crippen LogP contribution in [-0.4, -0.2) is 30.7 Å². The van der Waals surface area contributed by atoms with Crippen molar-refractivity contribution in [2.75, 3.05) is 25.0 Å². The third-order valence-electron chi connectivity index (χ3n) is 4.08. The Balaban J connectivity index is 1.69. The molecule has 0 aromatic heterocycles. The number of hydrogen-bond donors (Lipinski definition) is 3. The van der Waals surface area contributed by atoms with Crippen molar-refractivity contribution in [2.45, 2.75) is 26.2 Å². The summed E-state index contributed by atoms with van der Waals surface area (Å²) in [5, 5.41) is 15.3. The summed E-state index contributed by atoms with van der Waals surface area (Å²) in [6.07, 6.45) is 3.45. The minimum absolute atomic E-state index is 0.0209. The third kappa shape index (κ3) is 4.32. The Bertz CT molecular complexity index is 431. The molecule has 1 fully saturated rings. The zero-order valence-corrected chi connectivity index (χ0v) is 12.1. The van der Waals surface area contributed by atoms with Crippen molar-refractivity contribution in [3.05, 3.63) is 29.8 Å². The standard InChI is InChI=1S/C16H24N2O2/c1-12-5-7-15(8-6-12)18-16(20)10-17-9-13-3-2-4-14(13)11-19/h5-8,13-14,17,19H,2-4,9-11H2,1H3,(H,18,20). The molecule has 2 unspecified atom stereocenters. The van der Waals surface area contributed by atoms with Crippen LogP contribution < -0.4 is 10.6 Å². The molecule has 2 atom stereocenters. The molecule has 110 valence electrons. The van der Waals surface area contributed by atoms with Crippen LogP contribution in [-0.2, 0) is 4.79 Å². The van der Waals surface area contributed by atoms with Crippen molar-refractivity contribution >= 4 is 11.6 Å². The highest BCUT2D eigenvalue weighted by atomic mass is 16.3. The zero-order valence-electron chi connectivity index (χ0n) is 12.1. The number of amides is 1. The molecule has 4 heteroatoms. The van der Waals surface area contributed by atoms with Crippen LogP contribution in [0.25, 0.3) is 0 Å². The second-order valence-corrected chi connectivity index (χ2v) is 5.68. The number of rotatable bonds is 6. The maximum Gasteiger partial charge on any atom is 0.238 e. The molecule has 3 N–H and O–H groups in total. The van der Waals surface area contributed by atoms with E-state index >= 15 is 0 Å². The first-order chi connectivity index (χ1) is 9.69. The molecule has 1 saturated carbocycles. The summed E-state index contributed by atoms with van der Waals surface area (Å²) in [4.78, 5) is 11.8. The molecular formula is C16H24N2O2. The minimum atomic E-state index is -0.0209. The van der Waals surface area contributed by atoms with E-state index in [0.717, 1.165) is 25.1 Å². The molecule has 1 aromatic carbocycles. The summed E-state index contributed by atoms with van der Waals surface area (Å²) in [6, 6.07) is 7.78. The van der Waals surface area contributed by atoms with Gasteiger partial charge in [-0.25, -0.2) is 0 Å². The van der Waals surface area contributed by atoms with Crippen molar-refractivity contribution in [1.29, 1.82) is 0 Å². The van der Waals surface area contributed by atoms with Gasteiger partial charge in [0, 0.05) is 12.3 Å². The van der Waals surface area contributed by atoms with Crippen LogP contribution in [0.2, 0.25) is 0 Å². The summed E-state index contributed by atoms with van der Waals surface area (Å²) in [5.74, 6) is 0.891. The molecule has 0 saturated heterocycles. The number of carbonyl (C=O) groups excluding carboxylic acids is 1. The van der Waals surface area contributed by atoms with E-state index < -0.39 is 0 Å². The van der Waals surface area contributed by atoms with Crippen LogP contribution in [0.15, 0.2) is 24.3 Å². The van der Waals surface area contributed by atoms with Gasteiger partial charge in [-0.1, -0.05) is 24.1 Å². The number of aliphatic hydroxyl groups is 1. The van der Waals surface area contributed by atoms with E-state index in [-0.39, 0.29) is 12.5 Å². The fourth-order valence-electron chi connectivity index (χ4n) is 2.84. The van der Waals surface area contributed by atoms with Gasteiger partial charge >= 0.3 is 0 Å². The molecule has 0 spiro atoms. The van der Waals surface area contributed by atoms with Gasteiger partial charge in [0.25, 0.3) is 0 Å². The van der Waals surface area contributed by atoms with Crippen LogP contribution in [0.1, 0.15) is 24.8 Å². The van der Waals surface area contributed by atoms with E-state index in [4.69, 9.17) is 0 Å². The Hall–Kier alpha value is -1.39. The van der Waals surface area contributed by atoms with Crippen LogP contribution in [0.5, 0.6) is 0 Å². The number of aliphatic hydroxyl groups excluding tert-OH is 1. The van der Waals surface area contributed by atoms with Crippen LogP contribution in [0.4, 0.5) is 5.69 Å². The summed E-state index contributed by atoms with van der Waals surface area (Å²) in [5.41, 5.74) is 2.01. The Morgan fingerprint density at radius 1 is 1.25 bits per heavy atom. The monoisotopic (exact) mass is 276 g/mol. The van der Waals surface area contributed by atoms with Crippen molar-refractivity contribution in [1.82, 2.24) is 5.32 Å². The van der Waals surface area contributed by atoms with E-state index in [1.54, 1.807) is 0 Å². The summed E-state index contributed by atoms with van der Waals surface area (Å²) >= 11 is 0. The number of carbonyl (C=O) groups is 1. The van der Waals surface area contributed by atoms with E-state index in [1.165, 1.54) is 12.0 Å². The number of anilines is 1. The Morgan fingerprint density at radius 2 is 1.95 bits per heavy atom. The van der Waals surface area contributed by atoms with E-state index in [9.17, 15) is 9.90 Å². The van der Waals surface area contributed by atoms with Crippen LogP contribution in [0, 0.1) is 18.8 Å². The fraction of sp³-hybridized carbons (Fsp3) is 0.562. The molecule has 1 aliphatic carbocycles. The maximum atomic E-state index is 11.8. The summed E-state index contributed by atoms with van der Waals surface area (Å²) in [7, 11) is 0. The molecule has 1 aromatic rings. The molecule has 1 amide bonds. The first-order valence-electron chi connectivity index (χ1n) is 7.37. The zero-order chi connectivity index (χ0) is 14.4. The molecule has 20 heavy (non-hydrogen) atoms. The predicted molar refractivity (Wildman–Crippen MR) is 80.6 cm³/mol. The SMILES string of the molecule is Cc1ccc(NC(=O)CNCC2CCCC2CO)cc1. The molecule has 2 rings (SSSR count). The average Bonchev–Trinajstić information content (AvgIpc) is 2.89. The topological polar surface area (TPSA) is 61.4 Å². The Morgan fingerprint density at radius 3 is 2.65 bits per heavy atom. The second kappa shape index (κ2) is 7.41. The maximum absolute atomic E-state index is 11.8. The van der Waals surface area contributed by atoms with Gasteiger partial charge in [-0.15, -0.1) is 0 Å². The van der Waals surface area contributed by atoms with Gasteiger partial charge in [-0.3, -0.25) is 4.79 Å². The molecule has 1 aliphatic rings. The smallest absolute Gasteiger partial charge is 0.238 e. The lowest BCUT2D eigenvalue weighted by atomic mass is 9.97. The van der Waals surface area contributed by atoms with E-state index in [0.29, 0.717) is 18.4 Å². The number of hydrogen-bond acceptors (Lipinski definition) is 3. The van der Waals surface area contributed by atoms with Gasteiger partial charge in [0.05, 0.1) is 6.54 Å². The largest absolute Gasteiger partial charge is 0.396 e. The molecule has 4 nitrogen and oxygen atoms in total. The highest BCUT2D eigenvalue weighted by Gasteiger charge is 2.26. The lowest BCUT2D eigenvalue weighted by Gasteiger charge is -2.17. The summed E-state index contributed by atoms with van der Waals surface area (Å²) < 4.78 is 0. The van der Waals surface area contributed by atoms with Gasteiger partial charge in [0.1, 0.15) is 0 Å². The molecule has 0 radical (unpaired) electrons. The van der Waals surface area contributed by atoms with E-state index in [2.05, 4.69) is 10.6 Å². The van der Waals surface area contributed by atoms with Gasteiger partial charge in [-0.2, -0.15) is 0 Å². The molecular weight excluding hydrogens is 252 g/mol. The lowest BCUT2D eigenvalue weighted by molar-refractivity contribution is -0.115. The molecule has 0 heterocycles. The van der Waals surface area contributed by atoms with Gasteiger partial charge in [-0.05, 0) is 50.3 Å². The van der Waals surface area contributed by atoms with E-state index in [1.807, 2.05) is 31.2 Å². The average molecular weight is 276 g/mol. The molecule has 0 bridgehead atoms. The Labute approximate surface area is 120 Å². The first-order valence-corrected chi connectivity index (χ1v) is 7.37. The van der Waals surface area contributed by atoms with Gasteiger partial charge in [0.2, 0.25) is 5.91 Å². The number of benzene rings is 1. The number of nitrogens with one attached hydrogen (secondary N) is 2. The van der Waals surface area contributed by atoms with Crippen molar-refractivity contribution in [3.8, 4) is 0 Å². The second-order valence-electron chi connectivity index (χ2n) is 5.68. The highest BCUT2D eigenvalue weighted by molar-refractivity contribution is 5.92.